The Bertz CT molecular complexity index is 881. The molecule has 0 aromatic heterocycles. The first-order valence-corrected chi connectivity index (χ1v) is 9.55. The van der Waals surface area contributed by atoms with E-state index in [0.29, 0.717) is 11.3 Å². The lowest BCUT2D eigenvalue weighted by atomic mass is 9.94. The first-order chi connectivity index (χ1) is 13.4. The molecule has 0 aliphatic carbocycles. The molecule has 0 fully saturated rings. The zero-order chi connectivity index (χ0) is 20.8. The lowest BCUT2D eigenvalue weighted by Gasteiger charge is -2.33. The molecule has 28 heavy (non-hydrogen) atoms. The topological polar surface area (TPSA) is 3.24 Å². The molecule has 0 unspecified atom stereocenters. The Kier molecular flexibility index (Phi) is 7.63. The van der Waals surface area contributed by atoms with Gasteiger partial charge in [-0.3, -0.25) is 0 Å². The van der Waals surface area contributed by atoms with Crippen LogP contribution in [0.4, 0.5) is 17.6 Å². The maximum absolute atomic E-state index is 14.7. The Hall–Kier alpha value is -2.34. The predicted molar refractivity (Wildman–Crippen MR) is 110 cm³/mol. The van der Waals surface area contributed by atoms with Crippen LogP contribution in [0.15, 0.2) is 71.4 Å². The second-order valence-electron chi connectivity index (χ2n) is 5.70. The Morgan fingerprint density at radius 1 is 1.04 bits per heavy atom. The Balaban J connectivity index is 0.00000136. The van der Waals surface area contributed by atoms with E-state index >= 15 is 0 Å². The van der Waals surface area contributed by atoms with E-state index < -0.39 is 24.6 Å². The average molecular weight is 454 g/mol. The van der Waals surface area contributed by atoms with Crippen molar-refractivity contribution in [2.75, 3.05) is 6.54 Å². The third-order valence-corrected chi connectivity index (χ3v) is 4.59. The largest absolute Gasteiger partial charge is 0.335 e. The van der Waals surface area contributed by atoms with Crippen LogP contribution in [0.5, 0.6) is 0 Å². The zero-order valence-electron chi connectivity index (χ0n) is 15.5. The summed E-state index contributed by atoms with van der Waals surface area (Å²) in [6, 6.07) is 10.8. The first-order valence-electron chi connectivity index (χ1n) is 8.75. The molecule has 1 heterocycles. The molecule has 0 bridgehead atoms. The molecule has 0 N–H and O–H groups in total. The second kappa shape index (κ2) is 9.73. The van der Waals surface area contributed by atoms with E-state index in [1.807, 2.05) is 19.9 Å². The smallest absolute Gasteiger partial charge is 0.256 e. The minimum absolute atomic E-state index is 0.0106. The summed E-state index contributed by atoms with van der Waals surface area (Å²) in [5.41, 5.74) is 1.80. The van der Waals surface area contributed by atoms with Gasteiger partial charge in [-0.2, -0.15) is 0 Å². The molecule has 1 aliphatic heterocycles. The van der Waals surface area contributed by atoms with Crippen molar-refractivity contribution in [2.24, 2.45) is 0 Å². The maximum Gasteiger partial charge on any atom is 0.256 e. The second-order valence-corrected chi connectivity index (χ2v) is 6.55. The minimum atomic E-state index is -2.66. The highest BCUT2D eigenvalue weighted by Crippen LogP contribution is 2.40. The number of rotatable bonds is 4. The molecule has 0 saturated carbocycles. The quantitative estimate of drug-likeness (QED) is 0.439. The highest BCUT2D eigenvalue weighted by Gasteiger charge is 2.28. The van der Waals surface area contributed by atoms with Gasteiger partial charge in [-0.05, 0) is 33.6 Å². The SMILES string of the molecule is C=C1C=CC(c2ccccc2)=C(c2c(F)cc(F)cc2Br)N1CC(F)F.CC. The Morgan fingerprint density at radius 3 is 2.25 bits per heavy atom. The fraction of sp³-hybridized carbons (Fsp3) is 0.182. The van der Waals surface area contributed by atoms with Gasteiger partial charge in [-0.15, -0.1) is 0 Å². The zero-order valence-corrected chi connectivity index (χ0v) is 17.1. The van der Waals surface area contributed by atoms with Crippen molar-refractivity contribution >= 4 is 27.2 Å². The van der Waals surface area contributed by atoms with Crippen LogP contribution in [-0.2, 0) is 0 Å². The van der Waals surface area contributed by atoms with Crippen molar-refractivity contribution in [3.63, 3.8) is 0 Å². The summed E-state index contributed by atoms with van der Waals surface area (Å²) >= 11 is 3.17. The van der Waals surface area contributed by atoms with Gasteiger partial charge in [-0.1, -0.05) is 56.8 Å². The normalized spacial score (nSPS) is 13.7. The van der Waals surface area contributed by atoms with Crippen molar-refractivity contribution in [1.82, 2.24) is 4.90 Å². The van der Waals surface area contributed by atoms with Gasteiger partial charge in [0, 0.05) is 27.4 Å². The molecule has 1 aliphatic rings. The van der Waals surface area contributed by atoms with Gasteiger partial charge in [-0.25, -0.2) is 17.6 Å². The van der Waals surface area contributed by atoms with Crippen molar-refractivity contribution in [1.29, 1.82) is 0 Å². The number of benzene rings is 2. The van der Waals surface area contributed by atoms with E-state index in [1.165, 1.54) is 4.90 Å². The van der Waals surface area contributed by atoms with Crippen LogP contribution in [0.25, 0.3) is 11.3 Å². The summed E-state index contributed by atoms with van der Waals surface area (Å²) in [7, 11) is 0. The lowest BCUT2D eigenvalue weighted by Crippen LogP contribution is -2.29. The summed E-state index contributed by atoms with van der Waals surface area (Å²) in [6.45, 7) is 7.13. The molecule has 0 spiro atoms. The number of allylic oxidation sites excluding steroid dienone is 3. The third-order valence-electron chi connectivity index (χ3n) is 3.96. The van der Waals surface area contributed by atoms with Crippen molar-refractivity contribution in [3.05, 3.63) is 94.1 Å². The summed E-state index contributed by atoms with van der Waals surface area (Å²) < 4.78 is 54.7. The fourth-order valence-corrected chi connectivity index (χ4v) is 3.47. The predicted octanol–water partition coefficient (Wildman–Crippen LogP) is 7.27. The average Bonchev–Trinajstić information content (AvgIpc) is 2.66. The van der Waals surface area contributed by atoms with Gasteiger partial charge in [0.05, 0.1) is 12.2 Å². The number of halogens is 5. The molecule has 0 amide bonds. The number of nitrogens with zero attached hydrogens (tertiary/aromatic N) is 1. The van der Waals surface area contributed by atoms with E-state index in [1.54, 1.807) is 36.4 Å². The molecular weight excluding hydrogens is 434 g/mol. The molecule has 2 aromatic carbocycles. The molecule has 2 aromatic rings. The molecule has 0 saturated heterocycles. The number of hydrogen-bond donors (Lipinski definition) is 0. The van der Waals surface area contributed by atoms with Crippen molar-refractivity contribution in [2.45, 2.75) is 20.3 Å². The molecular formula is C22H20BrF4N. The van der Waals surface area contributed by atoms with Gasteiger partial charge >= 0.3 is 0 Å². The first kappa shape index (κ1) is 22.0. The van der Waals surface area contributed by atoms with E-state index in [2.05, 4.69) is 22.5 Å². The van der Waals surface area contributed by atoms with Gasteiger partial charge < -0.3 is 4.90 Å². The van der Waals surface area contributed by atoms with Crippen LogP contribution in [0, 0.1) is 11.6 Å². The standard InChI is InChI=1S/C20H14BrF4N.C2H6/c1-12-7-8-15(13-5-3-2-4-6-13)20(26(12)11-18(24)25)19-16(21)9-14(22)10-17(19)23;1-2/h2-10,18H,1,11H2;1-2H3. The molecule has 0 radical (unpaired) electrons. The Labute approximate surface area is 170 Å². The van der Waals surface area contributed by atoms with Crippen LogP contribution in [-0.4, -0.2) is 17.9 Å². The molecule has 148 valence electrons. The summed E-state index contributed by atoms with van der Waals surface area (Å²) in [4.78, 5) is 1.26. The van der Waals surface area contributed by atoms with Crippen LogP contribution >= 0.6 is 15.9 Å². The lowest BCUT2D eigenvalue weighted by molar-refractivity contribution is 0.123. The summed E-state index contributed by atoms with van der Waals surface area (Å²) in [5.74, 6) is -1.60. The van der Waals surface area contributed by atoms with E-state index in [9.17, 15) is 17.6 Å². The Morgan fingerprint density at radius 2 is 1.68 bits per heavy atom. The number of alkyl halides is 2. The minimum Gasteiger partial charge on any atom is -0.335 e. The van der Waals surface area contributed by atoms with E-state index in [-0.39, 0.29) is 15.7 Å². The summed E-state index contributed by atoms with van der Waals surface area (Å²) in [5, 5.41) is 0. The fourth-order valence-electron chi connectivity index (χ4n) is 2.87. The van der Waals surface area contributed by atoms with Gasteiger partial charge in [0.25, 0.3) is 6.43 Å². The molecule has 0 atom stereocenters. The highest BCUT2D eigenvalue weighted by atomic mass is 79.9. The van der Waals surface area contributed by atoms with E-state index in [4.69, 9.17) is 0 Å². The number of hydrogen-bond acceptors (Lipinski definition) is 1. The van der Waals surface area contributed by atoms with Crippen LogP contribution < -0.4 is 0 Å². The van der Waals surface area contributed by atoms with Gasteiger partial charge in [0.2, 0.25) is 0 Å². The van der Waals surface area contributed by atoms with Crippen LogP contribution in [0.3, 0.4) is 0 Å². The van der Waals surface area contributed by atoms with Crippen molar-refractivity contribution in [3.8, 4) is 0 Å². The maximum atomic E-state index is 14.7. The van der Waals surface area contributed by atoms with Crippen LogP contribution in [0.2, 0.25) is 0 Å². The third kappa shape index (κ3) is 4.73. The molecule has 1 nitrogen and oxygen atoms in total. The van der Waals surface area contributed by atoms with E-state index in [0.717, 1.165) is 17.7 Å². The monoisotopic (exact) mass is 453 g/mol. The summed E-state index contributed by atoms with van der Waals surface area (Å²) in [6.07, 6.45) is 0.640. The highest BCUT2D eigenvalue weighted by molar-refractivity contribution is 9.10. The van der Waals surface area contributed by atoms with Gasteiger partial charge in [0.1, 0.15) is 11.6 Å². The molecule has 3 rings (SSSR count). The van der Waals surface area contributed by atoms with Crippen LogP contribution in [0.1, 0.15) is 25.0 Å². The molecule has 6 heteroatoms. The van der Waals surface area contributed by atoms with Crippen molar-refractivity contribution < 1.29 is 17.6 Å². The van der Waals surface area contributed by atoms with Gasteiger partial charge in [0.15, 0.2) is 0 Å².